The Morgan fingerprint density at radius 1 is 1.27 bits per heavy atom. The fraction of sp³-hybridized carbons (Fsp3) is 0.375. The topological polar surface area (TPSA) is 61.8 Å². The van der Waals surface area contributed by atoms with Crippen LogP contribution >= 0.6 is 11.6 Å². The highest BCUT2D eigenvalue weighted by atomic mass is 35.5. The number of carbonyl (C=O) groups excluding carboxylic acids is 2. The van der Waals surface area contributed by atoms with E-state index in [2.05, 4.69) is 0 Å². The average Bonchev–Trinajstić information content (AvgIpc) is 2.80. The summed E-state index contributed by atoms with van der Waals surface area (Å²) in [7, 11) is 2.89. The van der Waals surface area contributed by atoms with Gasteiger partial charge in [0, 0.05) is 18.4 Å². The lowest BCUT2D eigenvalue weighted by Crippen LogP contribution is -2.51. The third-order valence-corrected chi connectivity index (χ3v) is 4.50. The molecule has 0 fully saturated rings. The van der Waals surface area contributed by atoms with Gasteiger partial charge in [-0.1, -0.05) is 18.5 Å². The molecule has 0 radical (unpaired) electrons. The number of ketones is 2. The molecule has 0 bridgehead atoms. The van der Waals surface area contributed by atoms with Crippen LogP contribution in [0.4, 0.5) is 0 Å². The van der Waals surface area contributed by atoms with Crippen molar-refractivity contribution in [2.45, 2.75) is 18.9 Å². The highest BCUT2D eigenvalue weighted by Gasteiger charge is 2.59. The maximum atomic E-state index is 13.1. The summed E-state index contributed by atoms with van der Waals surface area (Å²) in [6.45, 7) is 1.79. The van der Waals surface area contributed by atoms with E-state index in [1.165, 1.54) is 20.3 Å². The van der Waals surface area contributed by atoms with Crippen molar-refractivity contribution in [3.8, 4) is 11.5 Å². The van der Waals surface area contributed by atoms with Gasteiger partial charge in [0.05, 0.1) is 19.2 Å². The maximum Gasteiger partial charge on any atom is 0.231 e. The molecule has 0 unspecified atom stereocenters. The van der Waals surface area contributed by atoms with Crippen molar-refractivity contribution in [2.24, 2.45) is 5.92 Å². The molecule has 1 aliphatic heterocycles. The van der Waals surface area contributed by atoms with E-state index in [0.717, 1.165) is 0 Å². The number of Topliss-reactive ketones (excluding diaryl/α,β-unsaturated/α-hetero) is 1. The summed E-state index contributed by atoms with van der Waals surface area (Å²) in [4.78, 5) is 24.9. The molecule has 0 aromatic heterocycles. The van der Waals surface area contributed by atoms with Crippen molar-refractivity contribution in [1.29, 1.82) is 0 Å². The molecule has 6 heteroatoms. The first kappa shape index (κ1) is 14.9. The molecule has 0 saturated heterocycles. The fourth-order valence-electron chi connectivity index (χ4n) is 3.11. The Hall–Kier alpha value is -2.01. The zero-order valence-electron chi connectivity index (χ0n) is 12.4. The van der Waals surface area contributed by atoms with Gasteiger partial charge in [-0.3, -0.25) is 9.59 Å². The number of halogens is 1. The summed E-state index contributed by atoms with van der Waals surface area (Å²) >= 11 is 6.17. The first-order valence-corrected chi connectivity index (χ1v) is 7.22. The largest absolute Gasteiger partial charge is 0.496 e. The van der Waals surface area contributed by atoms with E-state index in [1.807, 2.05) is 0 Å². The number of allylic oxidation sites excluding steroid dienone is 1. The second kappa shape index (κ2) is 5.02. The summed E-state index contributed by atoms with van der Waals surface area (Å²) in [5, 5.41) is 0.320. The van der Waals surface area contributed by atoms with Crippen molar-refractivity contribution >= 4 is 23.2 Å². The van der Waals surface area contributed by atoms with Crippen molar-refractivity contribution in [3.05, 3.63) is 34.6 Å². The van der Waals surface area contributed by atoms with E-state index in [9.17, 15) is 9.59 Å². The molecule has 2 atom stereocenters. The number of benzene rings is 1. The Bertz CT molecular complexity index is 709. The SMILES string of the molecule is COC1=CC(=O)C[C@@H](C)[C@]12Oc1c(Cl)ccc(OC)c1C2=O. The summed E-state index contributed by atoms with van der Waals surface area (Å²) < 4.78 is 16.5. The molecular weight excluding hydrogens is 308 g/mol. The number of rotatable bonds is 2. The van der Waals surface area contributed by atoms with Crippen molar-refractivity contribution < 1.29 is 23.8 Å². The Morgan fingerprint density at radius 2 is 2.00 bits per heavy atom. The van der Waals surface area contributed by atoms with Crippen LogP contribution in [0.3, 0.4) is 0 Å². The molecule has 0 saturated carbocycles. The van der Waals surface area contributed by atoms with Gasteiger partial charge in [0.25, 0.3) is 0 Å². The van der Waals surface area contributed by atoms with Crippen LogP contribution in [0.1, 0.15) is 23.7 Å². The molecule has 1 aromatic rings. The Balaban J connectivity index is 2.23. The van der Waals surface area contributed by atoms with Crippen LogP contribution in [0.25, 0.3) is 0 Å². The molecule has 116 valence electrons. The summed E-state index contributed by atoms with van der Waals surface area (Å²) in [5.74, 6) is 0.0996. The highest BCUT2D eigenvalue weighted by Crippen LogP contribution is 2.51. The van der Waals surface area contributed by atoms with Crippen LogP contribution in [0.2, 0.25) is 5.02 Å². The summed E-state index contributed by atoms with van der Waals surface area (Å²) in [6, 6.07) is 3.23. The van der Waals surface area contributed by atoms with Crippen molar-refractivity contribution in [1.82, 2.24) is 0 Å². The first-order valence-electron chi connectivity index (χ1n) is 6.85. The van der Waals surface area contributed by atoms with Crippen LogP contribution in [-0.2, 0) is 9.53 Å². The monoisotopic (exact) mass is 322 g/mol. The number of carbonyl (C=O) groups is 2. The summed E-state index contributed by atoms with van der Waals surface area (Å²) in [5.41, 5.74) is -1.07. The van der Waals surface area contributed by atoms with Gasteiger partial charge < -0.3 is 14.2 Å². The lowest BCUT2D eigenvalue weighted by atomic mass is 9.75. The molecule has 5 nitrogen and oxygen atoms in total. The lowest BCUT2D eigenvalue weighted by Gasteiger charge is -2.36. The van der Waals surface area contributed by atoms with Crippen LogP contribution in [0.15, 0.2) is 24.0 Å². The minimum atomic E-state index is -1.36. The summed E-state index contributed by atoms with van der Waals surface area (Å²) in [6.07, 6.45) is 1.52. The molecule has 3 rings (SSSR count). The normalized spacial score (nSPS) is 26.5. The molecule has 0 amide bonds. The van der Waals surface area contributed by atoms with Gasteiger partial charge in [-0.2, -0.15) is 0 Å². The minimum absolute atomic E-state index is 0.0969. The van der Waals surface area contributed by atoms with Gasteiger partial charge in [0.1, 0.15) is 11.3 Å². The van der Waals surface area contributed by atoms with Gasteiger partial charge in [0.15, 0.2) is 17.3 Å². The zero-order valence-corrected chi connectivity index (χ0v) is 13.2. The quantitative estimate of drug-likeness (QED) is 0.838. The van der Waals surface area contributed by atoms with Crippen LogP contribution in [0, 0.1) is 5.92 Å². The molecule has 1 heterocycles. The average molecular weight is 323 g/mol. The van der Waals surface area contributed by atoms with E-state index in [4.69, 9.17) is 25.8 Å². The van der Waals surface area contributed by atoms with E-state index in [-0.39, 0.29) is 35.4 Å². The highest BCUT2D eigenvalue weighted by molar-refractivity contribution is 6.33. The molecule has 0 N–H and O–H groups in total. The number of fused-ring (bicyclic) bond motifs is 1. The molecule has 2 aliphatic rings. The van der Waals surface area contributed by atoms with E-state index < -0.39 is 5.60 Å². The fourth-order valence-corrected chi connectivity index (χ4v) is 3.31. The van der Waals surface area contributed by atoms with Crippen LogP contribution in [0.5, 0.6) is 11.5 Å². The second-order valence-electron chi connectivity index (χ2n) is 5.40. The van der Waals surface area contributed by atoms with Crippen molar-refractivity contribution in [3.63, 3.8) is 0 Å². The number of ether oxygens (including phenoxy) is 3. The smallest absolute Gasteiger partial charge is 0.231 e. The van der Waals surface area contributed by atoms with Gasteiger partial charge in [-0.15, -0.1) is 0 Å². The van der Waals surface area contributed by atoms with Crippen LogP contribution in [-0.4, -0.2) is 31.4 Å². The molecule has 1 aliphatic carbocycles. The first-order chi connectivity index (χ1) is 10.5. The maximum absolute atomic E-state index is 13.1. The van der Waals surface area contributed by atoms with Gasteiger partial charge in [0.2, 0.25) is 11.4 Å². The lowest BCUT2D eigenvalue weighted by molar-refractivity contribution is -0.118. The molecule has 22 heavy (non-hydrogen) atoms. The molecule has 1 spiro atoms. The van der Waals surface area contributed by atoms with Crippen molar-refractivity contribution in [2.75, 3.05) is 14.2 Å². The van der Waals surface area contributed by atoms with Gasteiger partial charge in [-0.25, -0.2) is 0 Å². The van der Waals surface area contributed by atoms with E-state index in [1.54, 1.807) is 19.1 Å². The predicted molar refractivity (Wildman–Crippen MR) is 79.6 cm³/mol. The zero-order chi connectivity index (χ0) is 16.1. The Labute approximate surface area is 132 Å². The molecule has 1 aromatic carbocycles. The third-order valence-electron chi connectivity index (χ3n) is 4.20. The number of hydrogen-bond donors (Lipinski definition) is 0. The van der Waals surface area contributed by atoms with Crippen LogP contribution < -0.4 is 9.47 Å². The Morgan fingerprint density at radius 3 is 2.64 bits per heavy atom. The van der Waals surface area contributed by atoms with E-state index in [0.29, 0.717) is 16.3 Å². The third kappa shape index (κ3) is 1.78. The number of hydrogen-bond acceptors (Lipinski definition) is 5. The van der Waals surface area contributed by atoms with Gasteiger partial charge in [-0.05, 0) is 12.1 Å². The van der Waals surface area contributed by atoms with E-state index >= 15 is 0 Å². The standard InChI is InChI=1S/C16H15ClO5/c1-8-6-9(18)7-12(21-3)16(8)15(19)13-11(20-2)5-4-10(17)14(13)22-16/h4-5,7-8H,6H2,1-3H3/t8-,16+/m1/s1. The predicted octanol–water partition coefficient (Wildman–Crippen LogP) is 2.80. The minimum Gasteiger partial charge on any atom is -0.496 e. The van der Waals surface area contributed by atoms with Gasteiger partial charge >= 0.3 is 0 Å². The second-order valence-corrected chi connectivity index (χ2v) is 5.81. The number of methoxy groups -OCH3 is 2. The molecular formula is C16H15ClO5. The Kier molecular flexibility index (Phi) is 3.40.